The van der Waals surface area contributed by atoms with Crippen LogP contribution in [0.5, 0.6) is 0 Å². The van der Waals surface area contributed by atoms with E-state index in [1.807, 2.05) is 24.3 Å². The molecule has 1 aliphatic rings. The fraction of sp³-hybridized carbons (Fsp3) is 0.444. The molecule has 0 spiro atoms. The van der Waals surface area contributed by atoms with Crippen LogP contribution in [-0.2, 0) is 19.0 Å². The number of benzene rings is 1. The lowest BCUT2D eigenvalue weighted by Crippen LogP contribution is -2.49. The molecule has 0 saturated carbocycles. The summed E-state index contributed by atoms with van der Waals surface area (Å²) in [7, 11) is 3.10. The molecule has 1 heterocycles. The Morgan fingerprint density at radius 3 is 2.54 bits per heavy atom. The zero-order valence-corrected chi connectivity index (χ0v) is 16.7. The maximum Gasteiger partial charge on any atom is 0.338 e. The number of urea groups is 1. The third-order valence-electron chi connectivity index (χ3n) is 4.07. The van der Waals surface area contributed by atoms with E-state index in [1.165, 1.54) is 12.0 Å². The van der Waals surface area contributed by atoms with E-state index < -0.39 is 12.0 Å². The van der Waals surface area contributed by atoms with Crippen LogP contribution in [0.4, 0.5) is 4.79 Å². The van der Waals surface area contributed by atoms with Crippen molar-refractivity contribution in [3.63, 3.8) is 0 Å². The number of rotatable bonds is 8. The molecule has 7 nitrogen and oxygen atoms in total. The van der Waals surface area contributed by atoms with Gasteiger partial charge in [-0.15, -0.1) is 0 Å². The van der Waals surface area contributed by atoms with Crippen molar-refractivity contribution in [2.24, 2.45) is 0 Å². The highest BCUT2D eigenvalue weighted by Gasteiger charge is 2.37. The lowest BCUT2D eigenvalue weighted by atomic mass is 9.95. The monoisotopic (exact) mass is 426 g/mol. The molecule has 26 heavy (non-hydrogen) atoms. The van der Waals surface area contributed by atoms with Gasteiger partial charge in [-0.3, -0.25) is 4.90 Å². The maximum absolute atomic E-state index is 12.7. The topological polar surface area (TPSA) is 77.1 Å². The van der Waals surface area contributed by atoms with Gasteiger partial charge in [0.1, 0.15) is 6.61 Å². The molecule has 1 atom stereocenters. The van der Waals surface area contributed by atoms with Crippen molar-refractivity contribution in [2.45, 2.75) is 13.0 Å². The Hall–Kier alpha value is -1.90. The highest BCUT2D eigenvalue weighted by molar-refractivity contribution is 9.10. The predicted molar refractivity (Wildman–Crippen MR) is 99.5 cm³/mol. The van der Waals surface area contributed by atoms with Crippen molar-refractivity contribution < 1.29 is 23.8 Å². The van der Waals surface area contributed by atoms with Gasteiger partial charge in [-0.2, -0.15) is 0 Å². The third-order valence-corrected chi connectivity index (χ3v) is 4.79. The van der Waals surface area contributed by atoms with Gasteiger partial charge < -0.3 is 19.5 Å². The Labute approximate surface area is 161 Å². The quantitative estimate of drug-likeness (QED) is 0.510. The summed E-state index contributed by atoms with van der Waals surface area (Å²) in [5.74, 6) is -0.484. The van der Waals surface area contributed by atoms with E-state index in [9.17, 15) is 9.59 Å². The van der Waals surface area contributed by atoms with E-state index in [2.05, 4.69) is 21.2 Å². The van der Waals surface area contributed by atoms with E-state index in [0.717, 1.165) is 10.0 Å². The van der Waals surface area contributed by atoms with Gasteiger partial charge in [0.05, 0.1) is 31.4 Å². The molecule has 0 aliphatic carbocycles. The molecular weight excluding hydrogens is 404 g/mol. The number of methoxy groups -OCH3 is 2. The second kappa shape index (κ2) is 9.70. The molecule has 2 amide bonds. The summed E-state index contributed by atoms with van der Waals surface area (Å²) in [5.41, 5.74) is 1.72. The number of hydrogen-bond acceptors (Lipinski definition) is 5. The van der Waals surface area contributed by atoms with E-state index >= 15 is 0 Å². The molecule has 8 heteroatoms. The number of hydrogen-bond donors (Lipinski definition) is 1. The Balaban J connectivity index is 2.42. The summed E-state index contributed by atoms with van der Waals surface area (Å²) < 4.78 is 16.1. The molecule has 0 aromatic heterocycles. The molecule has 0 fully saturated rings. The van der Waals surface area contributed by atoms with Crippen LogP contribution < -0.4 is 5.32 Å². The summed E-state index contributed by atoms with van der Waals surface area (Å²) in [6.07, 6.45) is 0. The maximum atomic E-state index is 12.7. The molecule has 2 rings (SSSR count). The Kier molecular flexibility index (Phi) is 7.62. The van der Waals surface area contributed by atoms with Gasteiger partial charge in [0, 0.05) is 24.4 Å². The molecule has 142 valence electrons. The van der Waals surface area contributed by atoms with Gasteiger partial charge in [-0.25, -0.2) is 9.59 Å². The van der Waals surface area contributed by atoms with Gasteiger partial charge in [-0.05, 0) is 18.6 Å². The number of halogens is 1. The first-order valence-corrected chi connectivity index (χ1v) is 8.98. The molecule has 1 aromatic carbocycles. The van der Waals surface area contributed by atoms with Crippen LogP contribution in [0.15, 0.2) is 40.0 Å². The minimum Gasteiger partial charge on any atom is -0.460 e. The zero-order chi connectivity index (χ0) is 19.1. The lowest BCUT2D eigenvalue weighted by Gasteiger charge is -2.35. The number of nitrogens with zero attached hydrogens (tertiary/aromatic N) is 1. The molecular formula is C18H23BrN2O5. The number of nitrogens with one attached hydrogen (secondary N) is 1. The van der Waals surface area contributed by atoms with Crippen LogP contribution in [-0.4, -0.2) is 57.5 Å². The SMILES string of the molecule is COCCOC(=O)C1=C(C)N(CCOC)C(=O)NC1c1ccccc1Br. The Bertz CT molecular complexity index is 692. The first-order valence-electron chi connectivity index (χ1n) is 8.19. The summed E-state index contributed by atoms with van der Waals surface area (Å²) in [5, 5.41) is 2.90. The minimum atomic E-state index is -0.605. The summed E-state index contributed by atoms with van der Waals surface area (Å²) >= 11 is 3.49. The van der Waals surface area contributed by atoms with Crippen molar-refractivity contribution in [1.29, 1.82) is 0 Å². The Morgan fingerprint density at radius 2 is 1.88 bits per heavy atom. The van der Waals surface area contributed by atoms with Crippen LogP contribution in [0, 0.1) is 0 Å². The molecule has 0 bridgehead atoms. The molecule has 1 unspecified atom stereocenters. The second-order valence-electron chi connectivity index (χ2n) is 5.68. The van der Waals surface area contributed by atoms with E-state index in [0.29, 0.717) is 31.0 Å². The van der Waals surface area contributed by atoms with Crippen LogP contribution in [0.25, 0.3) is 0 Å². The molecule has 0 radical (unpaired) electrons. The number of carbonyl (C=O) groups is 2. The number of esters is 1. The predicted octanol–water partition coefficient (Wildman–Crippen LogP) is 2.63. The number of ether oxygens (including phenoxy) is 3. The van der Waals surface area contributed by atoms with Crippen molar-refractivity contribution in [3.05, 3.63) is 45.6 Å². The molecule has 1 N–H and O–H groups in total. The highest BCUT2D eigenvalue weighted by Crippen LogP contribution is 2.34. The molecule has 1 aliphatic heterocycles. The first kappa shape index (κ1) is 20.4. The number of allylic oxidation sites excluding steroid dienone is 1. The normalized spacial score (nSPS) is 17.3. The molecule has 1 aromatic rings. The van der Waals surface area contributed by atoms with E-state index in [1.54, 1.807) is 14.0 Å². The highest BCUT2D eigenvalue weighted by atomic mass is 79.9. The average Bonchev–Trinajstić information content (AvgIpc) is 2.61. The standard InChI is InChI=1S/C18H23BrN2O5/c1-12-15(17(22)26-11-10-25-3)16(13-6-4-5-7-14(13)19)20-18(23)21(12)8-9-24-2/h4-7,16H,8-11H2,1-3H3,(H,20,23). The Morgan fingerprint density at radius 1 is 1.19 bits per heavy atom. The number of amides is 2. The van der Waals surface area contributed by atoms with Gasteiger partial charge >= 0.3 is 12.0 Å². The molecule has 0 saturated heterocycles. The third kappa shape index (κ3) is 4.63. The van der Waals surface area contributed by atoms with Crippen molar-refractivity contribution in [3.8, 4) is 0 Å². The second-order valence-corrected chi connectivity index (χ2v) is 6.53. The van der Waals surface area contributed by atoms with Gasteiger partial charge in [0.25, 0.3) is 0 Å². The van der Waals surface area contributed by atoms with Crippen molar-refractivity contribution in [1.82, 2.24) is 10.2 Å². The van der Waals surface area contributed by atoms with Gasteiger partial charge in [0.2, 0.25) is 0 Å². The van der Waals surface area contributed by atoms with Crippen LogP contribution >= 0.6 is 15.9 Å². The zero-order valence-electron chi connectivity index (χ0n) is 15.1. The average molecular weight is 427 g/mol. The van der Waals surface area contributed by atoms with Crippen LogP contribution in [0.1, 0.15) is 18.5 Å². The fourth-order valence-electron chi connectivity index (χ4n) is 2.74. The minimum absolute atomic E-state index is 0.140. The fourth-order valence-corrected chi connectivity index (χ4v) is 3.25. The summed E-state index contributed by atoms with van der Waals surface area (Å²) in [4.78, 5) is 26.8. The van der Waals surface area contributed by atoms with Gasteiger partial charge in [-0.1, -0.05) is 34.1 Å². The van der Waals surface area contributed by atoms with E-state index in [-0.39, 0.29) is 12.6 Å². The lowest BCUT2D eigenvalue weighted by molar-refractivity contribution is -0.140. The van der Waals surface area contributed by atoms with Crippen molar-refractivity contribution in [2.75, 3.05) is 40.6 Å². The van der Waals surface area contributed by atoms with Gasteiger partial charge in [0.15, 0.2) is 0 Å². The largest absolute Gasteiger partial charge is 0.460 e. The van der Waals surface area contributed by atoms with Crippen LogP contribution in [0.3, 0.4) is 0 Å². The number of carbonyl (C=O) groups excluding carboxylic acids is 2. The van der Waals surface area contributed by atoms with E-state index in [4.69, 9.17) is 14.2 Å². The van der Waals surface area contributed by atoms with Crippen molar-refractivity contribution >= 4 is 27.9 Å². The summed E-state index contributed by atoms with van der Waals surface area (Å²) in [6, 6.07) is 6.56. The first-order chi connectivity index (χ1) is 12.5. The summed E-state index contributed by atoms with van der Waals surface area (Å²) in [6.45, 7) is 2.88. The van der Waals surface area contributed by atoms with Crippen LogP contribution in [0.2, 0.25) is 0 Å². The smallest absolute Gasteiger partial charge is 0.338 e.